The van der Waals surface area contributed by atoms with E-state index in [-0.39, 0.29) is 11.8 Å². The summed E-state index contributed by atoms with van der Waals surface area (Å²) in [6.07, 6.45) is 5.34. The zero-order chi connectivity index (χ0) is 19.6. The molecule has 0 saturated carbocycles. The molecule has 1 aromatic carbocycles. The Morgan fingerprint density at radius 2 is 2.07 bits per heavy atom. The van der Waals surface area contributed by atoms with Crippen molar-refractivity contribution < 1.29 is 14.3 Å². The highest BCUT2D eigenvalue weighted by atomic mass is 16.5. The molecular formula is C20H25N5O3. The smallest absolute Gasteiger partial charge is 0.249 e. The van der Waals surface area contributed by atoms with Crippen molar-refractivity contribution in [3.05, 3.63) is 42.7 Å². The van der Waals surface area contributed by atoms with Crippen LogP contribution in [0.1, 0.15) is 19.3 Å². The molecule has 0 spiro atoms. The Bertz CT molecular complexity index is 845. The number of carbonyl (C=O) groups excluding carboxylic acids is 2. The number of carbonyl (C=O) groups is 2. The predicted molar refractivity (Wildman–Crippen MR) is 104 cm³/mol. The van der Waals surface area contributed by atoms with E-state index >= 15 is 0 Å². The summed E-state index contributed by atoms with van der Waals surface area (Å²) in [7, 11) is 1.59. The minimum absolute atomic E-state index is 0.109. The monoisotopic (exact) mass is 383 g/mol. The molecule has 2 amide bonds. The van der Waals surface area contributed by atoms with Gasteiger partial charge in [0.2, 0.25) is 11.8 Å². The quantitative estimate of drug-likeness (QED) is 0.801. The van der Waals surface area contributed by atoms with E-state index < -0.39 is 11.6 Å². The number of ether oxygens (including phenoxy) is 1. The normalized spacial score (nSPS) is 21.5. The molecule has 2 aliphatic heterocycles. The van der Waals surface area contributed by atoms with Crippen LogP contribution in [-0.2, 0) is 15.1 Å². The molecule has 8 nitrogen and oxygen atoms in total. The van der Waals surface area contributed by atoms with Crippen LogP contribution in [0.4, 0.5) is 5.69 Å². The number of amides is 2. The van der Waals surface area contributed by atoms with Crippen LogP contribution in [-0.4, -0.2) is 54.4 Å². The Morgan fingerprint density at radius 3 is 2.79 bits per heavy atom. The topological polar surface area (TPSA) is 88.5 Å². The minimum Gasteiger partial charge on any atom is -0.495 e. The summed E-state index contributed by atoms with van der Waals surface area (Å²) in [5, 5.41) is 10.6. The van der Waals surface area contributed by atoms with Crippen LogP contribution in [0.15, 0.2) is 42.7 Å². The van der Waals surface area contributed by atoms with E-state index in [1.54, 1.807) is 22.9 Å². The average Bonchev–Trinajstić information content (AvgIpc) is 3.40. The first-order valence-electron chi connectivity index (χ1n) is 9.62. The average molecular weight is 383 g/mol. The highest BCUT2D eigenvalue weighted by molar-refractivity contribution is 6.03. The van der Waals surface area contributed by atoms with Crippen molar-refractivity contribution in [1.82, 2.24) is 20.4 Å². The highest BCUT2D eigenvalue weighted by Gasteiger charge is 2.45. The fourth-order valence-corrected chi connectivity index (χ4v) is 4.12. The fourth-order valence-electron chi connectivity index (χ4n) is 4.12. The van der Waals surface area contributed by atoms with Gasteiger partial charge >= 0.3 is 0 Å². The van der Waals surface area contributed by atoms with Crippen molar-refractivity contribution in [2.75, 3.05) is 31.6 Å². The maximum absolute atomic E-state index is 13.3. The van der Waals surface area contributed by atoms with E-state index in [1.165, 1.54) is 0 Å². The third-order valence-electron chi connectivity index (χ3n) is 5.68. The van der Waals surface area contributed by atoms with Gasteiger partial charge in [-0.25, -0.2) is 0 Å². The molecule has 2 fully saturated rings. The van der Waals surface area contributed by atoms with Gasteiger partial charge in [-0.1, -0.05) is 12.1 Å². The minimum atomic E-state index is -0.757. The molecule has 1 atom stereocenters. The number of nitrogens with zero attached hydrogens (tertiary/aromatic N) is 3. The molecule has 0 radical (unpaired) electrons. The molecule has 28 heavy (non-hydrogen) atoms. The maximum atomic E-state index is 13.3. The third-order valence-corrected chi connectivity index (χ3v) is 5.68. The van der Waals surface area contributed by atoms with Crippen LogP contribution in [0, 0.1) is 0 Å². The number of hydrogen-bond donors (Lipinski definition) is 2. The molecular weight excluding hydrogens is 358 g/mol. The van der Waals surface area contributed by atoms with Gasteiger partial charge in [0.1, 0.15) is 17.3 Å². The molecule has 0 aliphatic carbocycles. The maximum Gasteiger partial charge on any atom is 0.249 e. The number of rotatable bonds is 5. The summed E-state index contributed by atoms with van der Waals surface area (Å²) in [6, 6.07) is 8.71. The van der Waals surface area contributed by atoms with Gasteiger partial charge in [0.25, 0.3) is 0 Å². The molecule has 3 heterocycles. The molecule has 1 aromatic heterocycles. The SMILES string of the molecule is COc1ccccc1N1CCC(NC(=O)C2(n3cccn3)CCNCC2)C1=O. The van der Waals surface area contributed by atoms with Crippen LogP contribution < -0.4 is 20.3 Å². The molecule has 148 valence electrons. The summed E-state index contributed by atoms with van der Waals surface area (Å²) in [5.41, 5.74) is -0.0252. The third kappa shape index (κ3) is 3.13. The lowest BCUT2D eigenvalue weighted by Crippen LogP contribution is -2.57. The molecule has 8 heteroatoms. The fraction of sp³-hybridized carbons (Fsp3) is 0.450. The standard InChI is InChI=1S/C20H25N5O3/c1-28-17-6-3-2-5-16(17)24-14-7-15(18(24)26)23-19(27)20(8-11-21-12-9-20)25-13-4-10-22-25/h2-6,10,13,15,21H,7-9,11-12,14H2,1H3,(H,23,27). The van der Waals surface area contributed by atoms with E-state index in [0.29, 0.717) is 31.6 Å². The summed E-state index contributed by atoms with van der Waals surface area (Å²) in [5.74, 6) is 0.398. The first-order chi connectivity index (χ1) is 13.7. The van der Waals surface area contributed by atoms with Gasteiger partial charge in [0.15, 0.2) is 0 Å². The number of methoxy groups -OCH3 is 1. The second-order valence-corrected chi connectivity index (χ2v) is 7.21. The largest absolute Gasteiger partial charge is 0.495 e. The van der Waals surface area contributed by atoms with Gasteiger partial charge in [0, 0.05) is 18.9 Å². The van der Waals surface area contributed by atoms with E-state index in [1.807, 2.05) is 36.5 Å². The first kappa shape index (κ1) is 18.5. The van der Waals surface area contributed by atoms with Gasteiger partial charge in [-0.2, -0.15) is 5.10 Å². The summed E-state index contributed by atoms with van der Waals surface area (Å²) in [6.45, 7) is 2.01. The molecule has 4 rings (SSSR count). The Morgan fingerprint density at radius 1 is 1.29 bits per heavy atom. The van der Waals surface area contributed by atoms with Crippen LogP contribution >= 0.6 is 0 Å². The number of anilines is 1. The van der Waals surface area contributed by atoms with Crippen molar-refractivity contribution in [3.63, 3.8) is 0 Å². The Labute approximate surface area is 163 Å². The van der Waals surface area contributed by atoms with Gasteiger partial charge in [-0.05, 0) is 50.6 Å². The van der Waals surface area contributed by atoms with Crippen molar-refractivity contribution in [2.24, 2.45) is 0 Å². The molecule has 2 aliphatic rings. The van der Waals surface area contributed by atoms with Crippen LogP contribution in [0.25, 0.3) is 0 Å². The second kappa shape index (κ2) is 7.63. The Hall–Kier alpha value is -2.87. The summed E-state index contributed by atoms with van der Waals surface area (Å²) < 4.78 is 7.12. The number of nitrogens with one attached hydrogen (secondary N) is 2. The zero-order valence-electron chi connectivity index (χ0n) is 15.9. The lowest BCUT2D eigenvalue weighted by molar-refractivity contribution is -0.135. The Balaban J connectivity index is 1.52. The first-order valence-corrected chi connectivity index (χ1v) is 9.62. The van der Waals surface area contributed by atoms with E-state index in [4.69, 9.17) is 4.74 Å². The number of benzene rings is 1. The lowest BCUT2D eigenvalue weighted by Gasteiger charge is -2.37. The number of para-hydroxylation sites is 2. The van der Waals surface area contributed by atoms with Crippen LogP contribution in [0.2, 0.25) is 0 Å². The van der Waals surface area contributed by atoms with Gasteiger partial charge in [-0.3, -0.25) is 14.3 Å². The van der Waals surface area contributed by atoms with Crippen molar-refractivity contribution >= 4 is 17.5 Å². The van der Waals surface area contributed by atoms with Crippen LogP contribution in [0.3, 0.4) is 0 Å². The lowest BCUT2D eigenvalue weighted by atomic mass is 9.87. The molecule has 1 unspecified atom stereocenters. The highest BCUT2D eigenvalue weighted by Crippen LogP contribution is 2.32. The van der Waals surface area contributed by atoms with Crippen molar-refractivity contribution in [3.8, 4) is 5.75 Å². The zero-order valence-corrected chi connectivity index (χ0v) is 15.9. The van der Waals surface area contributed by atoms with Gasteiger partial charge in [0.05, 0.1) is 12.8 Å². The summed E-state index contributed by atoms with van der Waals surface area (Å²) in [4.78, 5) is 28.0. The molecule has 0 bridgehead atoms. The Kier molecular flexibility index (Phi) is 5.04. The molecule has 2 aromatic rings. The van der Waals surface area contributed by atoms with Gasteiger partial charge in [-0.15, -0.1) is 0 Å². The van der Waals surface area contributed by atoms with Crippen molar-refractivity contribution in [2.45, 2.75) is 30.8 Å². The molecule has 2 saturated heterocycles. The number of aromatic nitrogens is 2. The second-order valence-electron chi connectivity index (χ2n) is 7.21. The van der Waals surface area contributed by atoms with E-state index in [2.05, 4.69) is 15.7 Å². The van der Waals surface area contributed by atoms with Crippen LogP contribution in [0.5, 0.6) is 5.75 Å². The van der Waals surface area contributed by atoms with Crippen molar-refractivity contribution in [1.29, 1.82) is 0 Å². The molecule has 2 N–H and O–H groups in total. The number of piperidine rings is 1. The van der Waals surface area contributed by atoms with E-state index in [9.17, 15) is 9.59 Å². The van der Waals surface area contributed by atoms with E-state index in [0.717, 1.165) is 18.8 Å². The van der Waals surface area contributed by atoms with Gasteiger partial charge < -0.3 is 20.3 Å². The predicted octanol–water partition coefficient (Wildman–Crippen LogP) is 0.892. The summed E-state index contributed by atoms with van der Waals surface area (Å²) >= 11 is 0. The number of hydrogen-bond acceptors (Lipinski definition) is 5.